The molecular weight excluding hydrogens is 456 g/mol. The molecule has 1 fully saturated rings. The molecule has 9 heteroatoms. The van der Waals surface area contributed by atoms with E-state index in [0.29, 0.717) is 33.6 Å². The molecule has 2 heterocycles. The number of ether oxygens (including phenoxy) is 2. The van der Waals surface area contributed by atoms with E-state index in [1.807, 2.05) is 45.0 Å². The maximum atomic E-state index is 13.1. The third-order valence-electron chi connectivity index (χ3n) is 6.06. The monoisotopic (exact) mass is 482 g/mol. The Balaban J connectivity index is 1.54. The number of carbonyl (C=O) groups is 2. The number of amides is 2. The van der Waals surface area contributed by atoms with Crippen LogP contribution in [0.3, 0.4) is 0 Å². The van der Waals surface area contributed by atoms with E-state index in [2.05, 4.69) is 10.4 Å². The van der Waals surface area contributed by atoms with Gasteiger partial charge in [0.2, 0.25) is 11.8 Å². The van der Waals surface area contributed by atoms with Gasteiger partial charge in [-0.3, -0.25) is 9.59 Å². The number of anilines is 2. The first kappa shape index (κ1) is 23.6. The topological polar surface area (TPSA) is 85.7 Å². The minimum absolute atomic E-state index is 0.0861. The molecule has 3 aromatic rings. The number of hydrogen-bond acceptors (Lipinski definition) is 5. The maximum Gasteiger partial charge on any atom is 0.229 e. The predicted octanol–water partition coefficient (Wildman–Crippen LogP) is 4.46. The molecule has 0 bridgehead atoms. The Morgan fingerprint density at radius 1 is 1.09 bits per heavy atom. The Hall–Kier alpha value is -3.52. The standard InChI is InChI=1S/C25H27ClN4O4/c1-14-6-8-18(9-7-14)30-16(3)24(15(2)28-30)27-25(32)17-10-23(31)29(13-17)20-11-19(26)21(33-4)12-22(20)34-5/h6-9,11-12,17H,10,13H2,1-5H3,(H,27,32)/t17-/m1/s1. The third-order valence-corrected chi connectivity index (χ3v) is 6.35. The van der Waals surface area contributed by atoms with E-state index in [4.69, 9.17) is 21.1 Å². The van der Waals surface area contributed by atoms with E-state index in [1.165, 1.54) is 19.1 Å². The highest BCUT2D eigenvalue weighted by atomic mass is 35.5. The molecule has 0 saturated carbocycles. The highest BCUT2D eigenvalue weighted by Crippen LogP contribution is 2.40. The summed E-state index contributed by atoms with van der Waals surface area (Å²) in [6.45, 7) is 6.00. The number of hydrogen-bond donors (Lipinski definition) is 1. The summed E-state index contributed by atoms with van der Waals surface area (Å²) in [6, 6.07) is 11.3. The lowest BCUT2D eigenvalue weighted by molar-refractivity contribution is -0.122. The van der Waals surface area contributed by atoms with Crippen LogP contribution in [0.2, 0.25) is 5.02 Å². The normalized spacial score (nSPS) is 15.5. The lowest BCUT2D eigenvalue weighted by Crippen LogP contribution is -2.28. The number of carbonyl (C=O) groups excluding carboxylic acids is 2. The Morgan fingerprint density at radius 3 is 2.41 bits per heavy atom. The van der Waals surface area contributed by atoms with Crippen molar-refractivity contribution in [3.63, 3.8) is 0 Å². The van der Waals surface area contributed by atoms with Gasteiger partial charge in [0.05, 0.1) is 53.6 Å². The fraction of sp³-hybridized carbons (Fsp3) is 0.320. The van der Waals surface area contributed by atoms with Crippen LogP contribution in [0, 0.1) is 26.7 Å². The highest BCUT2D eigenvalue weighted by Gasteiger charge is 2.37. The summed E-state index contributed by atoms with van der Waals surface area (Å²) in [7, 11) is 3.01. The van der Waals surface area contributed by atoms with Crippen molar-refractivity contribution in [2.24, 2.45) is 5.92 Å². The number of rotatable bonds is 6. The van der Waals surface area contributed by atoms with Crippen molar-refractivity contribution in [2.75, 3.05) is 31.0 Å². The molecule has 1 N–H and O–H groups in total. The lowest BCUT2D eigenvalue weighted by Gasteiger charge is -2.21. The Bertz CT molecular complexity index is 1250. The molecule has 1 saturated heterocycles. The quantitative estimate of drug-likeness (QED) is 0.560. The second kappa shape index (κ2) is 9.38. The number of halogens is 1. The molecule has 8 nitrogen and oxygen atoms in total. The van der Waals surface area contributed by atoms with Crippen LogP contribution in [0.1, 0.15) is 23.4 Å². The van der Waals surface area contributed by atoms with E-state index >= 15 is 0 Å². The van der Waals surface area contributed by atoms with Crippen LogP contribution in [0.4, 0.5) is 11.4 Å². The van der Waals surface area contributed by atoms with E-state index in [-0.39, 0.29) is 24.8 Å². The SMILES string of the molecule is COc1cc(OC)c(N2C[C@H](C(=O)Nc3c(C)nn(-c4ccc(C)cc4)c3C)CC2=O)cc1Cl. The molecule has 178 valence electrons. The van der Waals surface area contributed by atoms with Crippen LogP contribution in [-0.2, 0) is 9.59 Å². The fourth-order valence-corrected chi connectivity index (χ4v) is 4.39. The average Bonchev–Trinajstić information content (AvgIpc) is 3.34. The first-order valence-electron chi connectivity index (χ1n) is 10.9. The zero-order chi connectivity index (χ0) is 24.6. The summed E-state index contributed by atoms with van der Waals surface area (Å²) in [5, 5.41) is 7.95. The van der Waals surface area contributed by atoms with Gasteiger partial charge in [-0.25, -0.2) is 4.68 Å². The van der Waals surface area contributed by atoms with Gasteiger partial charge in [0.15, 0.2) is 0 Å². The van der Waals surface area contributed by atoms with E-state index < -0.39 is 5.92 Å². The van der Waals surface area contributed by atoms with Crippen LogP contribution in [0.5, 0.6) is 11.5 Å². The summed E-state index contributed by atoms with van der Waals surface area (Å²) >= 11 is 6.28. The molecule has 1 atom stereocenters. The summed E-state index contributed by atoms with van der Waals surface area (Å²) in [6.07, 6.45) is 0.0861. The van der Waals surface area contributed by atoms with Crippen LogP contribution in [0.25, 0.3) is 5.69 Å². The van der Waals surface area contributed by atoms with Gasteiger partial charge in [0.1, 0.15) is 11.5 Å². The molecule has 0 unspecified atom stereocenters. The largest absolute Gasteiger partial charge is 0.495 e. The van der Waals surface area contributed by atoms with Crippen molar-refractivity contribution >= 4 is 34.8 Å². The number of benzene rings is 2. The van der Waals surface area contributed by atoms with E-state index in [1.54, 1.807) is 16.8 Å². The number of methoxy groups -OCH3 is 2. The summed E-state index contributed by atoms with van der Waals surface area (Å²) < 4.78 is 12.5. The van der Waals surface area contributed by atoms with E-state index in [0.717, 1.165) is 16.9 Å². The van der Waals surface area contributed by atoms with Crippen LogP contribution in [0.15, 0.2) is 36.4 Å². The molecule has 1 aliphatic rings. The van der Waals surface area contributed by atoms with Crippen LogP contribution < -0.4 is 19.7 Å². The second-order valence-electron chi connectivity index (χ2n) is 8.35. The van der Waals surface area contributed by atoms with Gasteiger partial charge in [-0.15, -0.1) is 0 Å². The first-order valence-corrected chi connectivity index (χ1v) is 11.3. The zero-order valence-corrected chi connectivity index (χ0v) is 20.6. The van der Waals surface area contributed by atoms with Crippen molar-refractivity contribution in [3.8, 4) is 17.2 Å². The van der Waals surface area contributed by atoms with Crippen molar-refractivity contribution in [1.82, 2.24) is 9.78 Å². The average molecular weight is 483 g/mol. The van der Waals surface area contributed by atoms with Crippen molar-refractivity contribution in [1.29, 1.82) is 0 Å². The molecule has 34 heavy (non-hydrogen) atoms. The Morgan fingerprint density at radius 2 is 1.76 bits per heavy atom. The second-order valence-corrected chi connectivity index (χ2v) is 8.75. The fourth-order valence-electron chi connectivity index (χ4n) is 4.16. The molecule has 4 rings (SSSR count). The molecule has 2 aromatic carbocycles. The molecular formula is C25H27ClN4O4. The van der Waals surface area contributed by atoms with Gasteiger partial charge < -0.3 is 19.7 Å². The minimum Gasteiger partial charge on any atom is -0.495 e. The van der Waals surface area contributed by atoms with Gasteiger partial charge in [0.25, 0.3) is 0 Å². The molecule has 1 aliphatic heterocycles. The van der Waals surface area contributed by atoms with Gasteiger partial charge in [-0.1, -0.05) is 29.3 Å². The van der Waals surface area contributed by atoms with E-state index in [9.17, 15) is 9.59 Å². The van der Waals surface area contributed by atoms with Crippen molar-refractivity contribution in [2.45, 2.75) is 27.2 Å². The van der Waals surface area contributed by atoms with Gasteiger partial charge in [-0.05, 0) is 39.0 Å². The van der Waals surface area contributed by atoms with Crippen molar-refractivity contribution < 1.29 is 19.1 Å². The van der Waals surface area contributed by atoms with Gasteiger partial charge in [0, 0.05) is 19.0 Å². The molecule has 0 aliphatic carbocycles. The lowest BCUT2D eigenvalue weighted by atomic mass is 10.1. The highest BCUT2D eigenvalue weighted by molar-refractivity contribution is 6.32. The summed E-state index contributed by atoms with van der Waals surface area (Å²) in [5.41, 5.74) is 4.76. The number of aryl methyl sites for hydroxylation is 2. The Labute approximate surface area is 203 Å². The molecule has 0 radical (unpaired) electrons. The van der Waals surface area contributed by atoms with Crippen LogP contribution in [-0.4, -0.2) is 42.4 Å². The van der Waals surface area contributed by atoms with Crippen LogP contribution >= 0.6 is 11.6 Å². The Kier molecular flexibility index (Phi) is 6.52. The predicted molar refractivity (Wildman–Crippen MR) is 131 cm³/mol. The molecule has 2 amide bonds. The summed E-state index contributed by atoms with van der Waals surface area (Å²) in [4.78, 5) is 27.5. The molecule has 1 aromatic heterocycles. The van der Waals surface area contributed by atoms with Crippen molar-refractivity contribution in [3.05, 3.63) is 58.4 Å². The third kappa shape index (κ3) is 4.33. The first-order chi connectivity index (χ1) is 16.2. The smallest absolute Gasteiger partial charge is 0.229 e. The maximum absolute atomic E-state index is 13.1. The number of nitrogens with one attached hydrogen (secondary N) is 1. The van der Waals surface area contributed by atoms with Gasteiger partial charge in [-0.2, -0.15) is 5.10 Å². The minimum atomic E-state index is -0.528. The number of aromatic nitrogens is 2. The van der Waals surface area contributed by atoms with Gasteiger partial charge >= 0.3 is 0 Å². The molecule has 0 spiro atoms. The summed E-state index contributed by atoms with van der Waals surface area (Å²) in [5.74, 6) is -0.0476. The zero-order valence-electron chi connectivity index (χ0n) is 19.8. The number of nitrogens with zero attached hydrogens (tertiary/aromatic N) is 3.